The fourth-order valence-electron chi connectivity index (χ4n) is 2.77. The van der Waals surface area contributed by atoms with Crippen molar-refractivity contribution in [2.24, 2.45) is 0 Å². The van der Waals surface area contributed by atoms with Crippen LogP contribution in [0.1, 0.15) is 26.3 Å². The molecule has 0 saturated heterocycles. The van der Waals surface area contributed by atoms with Gasteiger partial charge in [-0.05, 0) is 43.2 Å². The molecule has 0 radical (unpaired) electrons. The molecule has 0 spiro atoms. The van der Waals surface area contributed by atoms with Gasteiger partial charge in [0.1, 0.15) is 17.5 Å². The number of para-hydroxylation sites is 1. The van der Waals surface area contributed by atoms with Gasteiger partial charge in [0.05, 0.1) is 11.5 Å². The van der Waals surface area contributed by atoms with Gasteiger partial charge in [0.25, 0.3) is 5.69 Å². The number of nitro benzene ring substituents is 1. The van der Waals surface area contributed by atoms with Gasteiger partial charge in [0.15, 0.2) is 0 Å². The van der Waals surface area contributed by atoms with Crippen LogP contribution in [0.4, 0.5) is 5.69 Å². The van der Waals surface area contributed by atoms with Crippen LogP contribution in [0.3, 0.4) is 0 Å². The lowest BCUT2D eigenvalue weighted by atomic mass is 10.1. The highest BCUT2D eigenvalue weighted by Gasteiger charge is 2.28. The van der Waals surface area contributed by atoms with Gasteiger partial charge in [-0.2, -0.15) is 0 Å². The zero-order chi connectivity index (χ0) is 24.8. The summed E-state index contributed by atoms with van der Waals surface area (Å²) in [5.74, 6) is 0.496. The van der Waals surface area contributed by atoms with Crippen LogP contribution in [0.15, 0.2) is 84.9 Å². The van der Waals surface area contributed by atoms with Crippen LogP contribution in [-0.4, -0.2) is 23.5 Å². The van der Waals surface area contributed by atoms with E-state index in [1.165, 1.54) is 24.3 Å². The topological polar surface area (TPSA) is 99.9 Å². The molecule has 0 aliphatic rings. The van der Waals surface area contributed by atoms with Crippen LogP contribution in [0.2, 0.25) is 0 Å². The minimum absolute atomic E-state index is 0.0490. The highest BCUT2D eigenvalue weighted by molar-refractivity contribution is 7.45. The lowest BCUT2D eigenvalue weighted by molar-refractivity contribution is -0.384. The van der Waals surface area contributed by atoms with Crippen LogP contribution in [0.25, 0.3) is 0 Å². The van der Waals surface area contributed by atoms with E-state index in [0.29, 0.717) is 17.9 Å². The van der Waals surface area contributed by atoms with Crippen molar-refractivity contribution in [3.8, 4) is 11.5 Å². The zero-order valence-corrected chi connectivity index (χ0v) is 20.3. The monoisotopic (exact) mass is 484 g/mol. The third-order valence-electron chi connectivity index (χ3n) is 4.28. The van der Waals surface area contributed by atoms with Crippen LogP contribution in [-0.2, 0) is 16.0 Å². The molecule has 9 heteroatoms. The van der Waals surface area contributed by atoms with E-state index in [0.717, 1.165) is 5.56 Å². The number of rotatable bonds is 11. The van der Waals surface area contributed by atoms with Crippen molar-refractivity contribution in [2.45, 2.75) is 33.2 Å². The molecule has 3 rings (SSSR count). The van der Waals surface area contributed by atoms with Crippen molar-refractivity contribution in [1.29, 1.82) is 0 Å². The first kappa shape index (κ1) is 26.8. The van der Waals surface area contributed by atoms with Crippen molar-refractivity contribution >= 4 is 20.2 Å². The number of carbonyl (C=O) groups excluding carboxylic acids is 1. The minimum Gasteiger partial charge on any atom is -0.465 e. The van der Waals surface area contributed by atoms with Gasteiger partial charge in [-0.15, -0.1) is 0 Å². The highest BCUT2D eigenvalue weighted by Crippen LogP contribution is 2.38. The Balaban J connectivity index is 0.00000199. The molecule has 0 fully saturated rings. The molecule has 0 amide bonds. The average molecular weight is 484 g/mol. The molecule has 0 aliphatic heterocycles. The second kappa shape index (κ2) is 14.6. The molecule has 2 atom stereocenters. The molecule has 3 aromatic carbocycles. The maximum atomic E-state index is 12.6. The highest BCUT2D eigenvalue weighted by atomic mass is 31.2. The number of esters is 1. The molecule has 0 saturated carbocycles. The normalized spacial score (nSPS) is 11.9. The lowest BCUT2D eigenvalue weighted by Crippen LogP contribution is -2.38. The van der Waals surface area contributed by atoms with Crippen molar-refractivity contribution in [2.75, 3.05) is 6.61 Å². The van der Waals surface area contributed by atoms with Crippen LogP contribution in [0, 0.1) is 10.1 Å². The second-order valence-electron chi connectivity index (χ2n) is 6.63. The van der Waals surface area contributed by atoms with Gasteiger partial charge < -0.3 is 13.8 Å². The number of nitrogens with one attached hydrogen (secondary N) is 1. The number of non-ortho nitro benzene ring substituents is 1. The summed E-state index contributed by atoms with van der Waals surface area (Å²) in [5, 5.41) is 14.0. The summed E-state index contributed by atoms with van der Waals surface area (Å²) in [4.78, 5) is 23.1. The number of benzene rings is 3. The molecule has 3 aromatic rings. The molecule has 0 bridgehead atoms. The van der Waals surface area contributed by atoms with Crippen molar-refractivity contribution in [3.05, 3.63) is 101 Å². The van der Waals surface area contributed by atoms with E-state index in [1.54, 1.807) is 19.1 Å². The molecule has 8 nitrogen and oxygen atoms in total. The van der Waals surface area contributed by atoms with E-state index in [9.17, 15) is 14.9 Å². The number of ether oxygens (including phenoxy) is 1. The van der Waals surface area contributed by atoms with E-state index in [2.05, 4.69) is 5.09 Å². The van der Waals surface area contributed by atoms with Crippen LogP contribution >= 0.6 is 8.53 Å². The van der Waals surface area contributed by atoms with E-state index < -0.39 is 25.5 Å². The summed E-state index contributed by atoms with van der Waals surface area (Å²) in [5.41, 5.74) is 0.898. The van der Waals surface area contributed by atoms with Gasteiger partial charge in [-0.3, -0.25) is 14.9 Å². The number of hydrogen-bond acceptors (Lipinski definition) is 7. The Hall–Kier alpha value is -3.48. The number of nitro groups is 1. The lowest BCUT2D eigenvalue weighted by Gasteiger charge is -2.24. The summed E-state index contributed by atoms with van der Waals surface area (Å²) in [7, 11) is -1.84. The Bertz CT molecular complexity index is 1000. The van der Waals surface area contributed by atoms with Gasteiger partial charge in [-0.25, -0.2) is 5.09 Å². The standard InChI is InChI=1S/C23H23N2O6P.C2H6/c1-2-29-23(26)22(17-18-9-5-3-6-10-18)24-32(30-20-11-7-4-8-12-20)31-21-15-13-19(14-16-21)25(27)28;1-2/h3-16,22,24H,2,17H2,1H3;1-2H3. The van der Waals surface area contributed by atoms with Crippen LogP contribution in [0.5, 0.6) is 11.5 Å². The molecule has 0 aromatic heterocycles. The van der Waals surface area contributed by atoms with Crippen molar-refractivity contribution in [3.63, 3.8) is 0 Å². The maximum Gasteiger partial charge on any atom is 0.382 e. The summed E-state index contributed by atoms with van der Waals surface area (Å²) in [6.45, 7) is 5.99. The molecule has 2 unspecified atom stereocenters. The average Bonchev–Trinajstić information content (AvgIpc) is 2.86. The smallest absolute Gasteiger partial charge is 0.382 e. The Morgan fingerprint density at radius 1 is 0.912 bits per heavy atom. The predicted octanol–water partition coefficient (Wildman–Crippen LogP) is 6.07. The van der Waals surface area contributed by atoms with Crippen LogP contribution < -0.4 is 14.1 Å². The molecule has 34 heavy (non-hydrogen) atoms. The Morgan fingerprint density at radius 3 is 1.97 bits per heavy atom. The molecule has 180 valence electrons. The number of nitrogens with zero attached hydrogens (tertiary/aromatic N) is 1. The zero-order valence-electron chi connectivity index (χ0n) is 19.4. The predicted molar refractivity (Wildman–Crippen MR) is 133 cm³/mol. The first-order valence-electron chi connectivity index (χ1n) is 11.0. The van der Waals surface area contributed by atoms with E-state index >= 15 is 0 Å². The summed E-state index contributed by atoms with van der Waals surface area (Å²) in [6, 6.07) is 23.5. The van der Waals surface area contributed by atoms with Gasteiger partial charge >= 0.3 is 14.5 Å². The Labute approximate surface area is 201 Å². The third-order valence-corrected chi connectivity index (χ3v) is 5.56. The van der Waals surface area contributed by atoms with Crippen molar-refractivity contribution < 1.29 is 23.5 Å². The molecule has 1 N–H and O–H groups in total. The minimum atomic E-state index is -1.84. The van der Waals surface area contributed by atoms with E-state index in [1.807, 2.05) is 62.4 Å². The number of hydrogen-bond donors (Lipinski definition) is 1. The second-order valence-corrected chi connectivity index (χ2v) is 7.76. The first-order valence-corrected chi connectivity index (χ1v) is 12.1. The number of carbonyl (C=O) groups is 1. The fraction of sp³-hybridized carbons (Fsp3) is 0.240. The Morgan fingerprint density at radius 2 is 1.44 bits per heavy atom. The third kappa shape index (κ3) is 8.81. The van der Waals surface area contributed by atoms with E-state index in [4.69, 9.17) is 13.8 Å². The molecular weight excluding hydrogens is 455 g/mol. The first-order chi connectivity index (χ1) is 16.5. The van der Waals surface area contributed by atoms with E-state index in [-0.39, 0.29) is 12.3 Å². The Kier molecular flexibility index (Phi) is 11.5. The molecule has 0 heterocycles. The summed E-state index contributed by atoms with van der Waals surface area (Å²) in [6.07, 6.45) is 0.375. The van der Waals surface area contributed by atoms with Gasteiger partial charge in [0.2, 0.25) is 0 Å². The van der Waals surface area contributed by atoms with Crippen molar-refractivity contribution in [1.82, 2.24) is 5.09 Å². The maximum absolute atomic E-state index is 12.6. The fourth-order valence-corrected chi connectivity index (χ4v) is 3.99. The van der Waals surface area contributed by atoms with Gasteiger partial charge in [-0.1, -0.05) is 62.4 Å². The summed E-state index contributed by atoms with van der Waals surface area (Å²) < 4.78 is 17.2. The summed E-state index contributed by atoms with van der Waals surface area (Å²) >= 11 is 0. The quantitative estimate of drug-likeness (QED) is 0.153. The van der Waals surface area contributed by atoms with Gasteiger partial charge in [0, 0.05) is 12.1 Å². The SMILES string of the molecule is CC.CCOC(=O)C(Cc1ccccc1)NP(Oc1ccccc1)Oc1ccc([N+](=O)[O-])cc1. The largest absolute Gasteiger partial charge is 0.465 e. The molecular formula is C25H29N2O6P. The molecule has 0 aliphatic carbocycles.